The average Bonchev–Trinajstić information content (AvgIpc) is 3.46. The van der Waals surface area contributed by atoms with Crippen LogP contribution in [0.2, 0.25) is 0 Å². The zero-order chi connectivity index (χ0) is 22.5. The molecule has 1 amide bonds. The molecule has 2 aromatic carbocycles. The first-order chi connectivity index (χ1) is 15.6. The second kappa shape index (κ2) is 9.97. The molecule has 0 unspecified atom stereocenters. The summed E-state index contributed by atoms with van der Waals surface area (Å²) in [5, 5.41) is 14.4. The van der Waals surface area contributed by atoms with Gasteiger partial charge in [0.1, 0.15) is 5.75 Å². The fourth-order valence-electron chi connectivity index (χ4n) is 3.18. The maximum absolute atomic E-state index is 12.8. The summed E-state index contributed by atoms with van der Waals surface area (Å²) in [6, 6.07) is 17.6. The van der Waals surface area contributed by atoms with Gasteiger partial charge in [0, 0.05) is 17.5 Å². The Labute approximate surface area is 194 Å². The van der Waals surface area contributed by atoms with E-state index in [0.717, 1.165) is 22.6 Å². The second-order valence-corrected chi connectivity index (χ2v) is 9.07. The SMILES string of the molecule is CCn1c(S[C@H](C)C(=O)Nc2nc(-c3ccccc3)cs2)nnc1-c1ccccc1OC. The summed E-state index contributed by atoms with van der Waals surface area (Å²) in [5.41, 5.74) is 2.73. The number of nitrogens with one attached hydrogen (secondary N) is 1. The molecule has 0 saturated heterocycles. The van der Waals surface area contributed by atoms with Crippen LogP contribution in [0.25, 0.3) is 22.6 Å². The van der Waals surface area contributed by atoms with E-state index in [1.165, 1.54) is 23.1 Å². The molecule has 164 valence electrons. The number of para-hydroxylation sites is 1. The smallest absolute Gasteiger partial charge is 0.239 e. The summed E-state index contributed by atoms with van der Waals surface area (Å²) >= 11 is 2.78. The van der Waals surface area contributed by atoms with E-state index in [0.29, 0.717) is 22.7 Å². The van der Waals surface area contributed by atoms with Gasteiger partial charge < -0.3 is 14.6 Å². The normalized spacial score (nSPS) is 11.8. The van der Waals surface area contributed by atoms with Crippen molar-refractivity contribution in [3.05, 3.63) is 60.0 Å². The lowest BCUT2D eigenvalue weighted by Gasteiger charge is -2.12. The predicted octanol–water partition coefficient (Wildman–Crippen LogP) is 5.22. The van der Waals surface area contributed by atoms with E-state index in [4.69, 9.17) is 4.74 Å². The molecule has 0 fully saturated rings. The van der Waals surface area contributed by atoms with Crippen molar-refractivity contribution in [2.45, 2.75) is 30.8 Å². The topological polar surface area (TPSA) is 81.9 Å². The number of rotatable bonds is 8. The Kier molecular flexibility index (Phi) is 6.87. The quantitative estimate of drug-likeness (QED) is 0.360. The predicted molar refractivity (Wildman–Crippen MR) is 129 cm³/mol. The number of carbonyl (C=O) groups is 1. The van der Waals surface area contributed by atoms with E-state index in [1.807, 2.05) is 78.4 Å². The number of benzene rings is 2. The second-order valence-electron chi connectivity index (χ2n) is 6.90. The van der Waals surface area contributed by atoms with Gasteiger partial charge in [-0.25, -0.2) is 4.98 Å². The third-order valence-electron chi connectivity index (χ3n) is 4.84. The van der Waals surface area contributed by atoms with Crippen LogP contribution < -0.4 is 10.1 Å². The minimum Gasteiger partial charge on any atom is -0.496 e. The Hall–Kier alpha value is -3.17. The Bertz CT molecular complexity index is 1210. The number of carbonyl (C=O) groups excluding carboxylic acids is 1. The molecule has 0 aliphatic heterocycles. The zero-order valence-corrected chi connectivity index (χ0v) is 19.6. The maximum atomic E-state index is 12.8. The van der Waals surface area contributed by atoms with Gasteiger partial charge in [0.25, 0.3) is 0 Å². The van der Waals surface area contributed by atoms with Gasteiger partial charge in [-0.3, -0.25) is 4.79 Å². The van der Waals surface area contributed by atoms with E-state index in [1.54, 1.807) is 7.11 Å². The van der Waals surface area contributed by atoms with Crippen LogP contribution in [0.3, 0.4) is 0 Å². The highest BCUT2D eigenvalue weighted by Crippen LogP contribution is 2.32. The first-order valence-electron chi connectivity index (χ1n) is 10.2. The highest BCUT2D eigenvalue weighted by Gasteiger charge is 2.22. The molecule has 0 radical (unpaired) electrons. The van der Waals surface area contributed by atoms with Gasteiger partial charge in [-0.15, -0.1) is 21.5 Å². The summed E-state index contributed by atoms with van der Waals surface area (Å²) in [5.74, 6) is 1.32. The van der Waals surface area contributed by atoms with Gasteiger partial charge >= 0.3 is 0 Å². The molecule has 7 nitrogen and oxygen atoms in total. The fourth-order valence-corrected chi connectivity index (χ4v) is 4.82. The van der Waals surface area contributed by atoms with Crippen LogP contribution >= 0.6 is 23.1 Å². The van der Waals surface area contributed by atoms with Gasteiger partial charge in [-0.2, -0.15) is 0 Å². The lowest BCUT2D eigenvalue weighted by molar-refractivity contribution is -0.115. The molecule has 0 aliphatic carbocycles. The number of hydrogen-bond acceptors (Lipinski definition) is 7. The van der Waals surface area contributed by atoms with Crippen LogP contribution in [0.4, 0.5) is 5.13 Å². The molecule has 4 aromatic rings. The molecule has 9 heteroatoms. The number of aromatic nitrogens is 4. The number of methoxy groups -OCH3 is 1. The summed E-state index contributed by atoms with van der Waals surface area (Å²) in [7, 11) is 1.63. The van der Waals surface area contributed by atoms with Gasteiger partial charge in [0.15, 0.2) is 16.1 Å². The van der Waals surface area contributed by atoms with E-state index < -0.39 is 0 Å². The number of amides is 1. The molecule has 0 bridgehead atoms. The average molecular weight is 466 g/mol. The fraction of sp³-hybridized carbons (Fsp3) is 0.217. The standard InChI is InChI=1S/C23H23N5O2S2/c1-4-28-20(17-12-8-9-13-19(17)30-3)26-27-23(28)32-15(2)21(29)25-22-24-18(14-31-22)16-10-6-5-7-11-16/h5-15H,4H2,1-3H3,(H,24,25,29)/t15-/m1/s1. The van der Waals surface area contributed by atoms with Gasteiger partial charge in [-0.1, -0.05) is 54.2 Å². The third kappa shape index (κ3) is 4.68. The summed E-state index contributed by atoms with van der Waals surface area (Å²) in [4.78, 5) is 17.3. The highest BCUT2D eigenvalue weighted by atomic mass is 32.2. The van der Waals surface area contributed by atoms with Crippen molar-refractivity contribution in [2.24, 2.45) is 0 Å². The largest absolute Gasteiger partial charge is 0.496 e. The van der Waals surface area contributed by atoms with Crippen molar-refractivity contribution in [1.82, 2.24) is 19.7 Å². The van der Waals surface area contributed by atoms with Gasteiger partial charge in [0.05, 0.1) is 23.6 Å². The molecule has 0 aliphatic rings. The Morgan fingerprint density at radius 2 is 1.91 bits per heavy atom. The van der Waals surface area contributed by atoms with Crippen molar-refractivity contribution in [3.63, 3.8) is 0 Å². The Balaban J connectivity index is 1.47. The molecule has 1 N–H and O–H groups in total. The van der Waals surface area contributed by atoms with Crippen LogP contribution in [0.1, 0.15) is 13.8 Å². The lowest BCUT2D eigenvalue weighted by Crippen LogP contribution is -2.22. The van der Waals surface area contributed by atoms with E-state index in [-0.39, 0.29) is 11.2 Å². The Morgan fingerprint density at radius 1 is 1.16 bits per heavy atom. The molecule has 0 spiro atoms. The minimum absolute atomic E-state index is 0.131. The van der Waals surface area contributed by atoms with Crippen LogP contribution in [0.5, 0.6) is 5.75 Å². The van der Waals surface area contributed by atoms with Crippen molar-refractivity contribution < 1.29 is 9.53 Å². The number of hydrogen-bond donors (Lipinski definition) is 1. The molecule has 2 heterocycles. The number of thiazole rings is 1. The minimum atomic E-state index is -0.376. The molecular formula is C23H23N5O2S2. The van der Waals surface area contributed by atoms with Crippen molar-refractivity contribution in [1.29, 1.82) is 0 Å². The zero-order valence-electron chi connectivity index (χ0n) is 18.0. The maximum Gasteiger partial charge on any atom is 0.239 e. The number of ether oxygens (including phenoxy) is 1. The van der Waals surface area contributed by atoms with Crippen LogP contribution in [-0.2, 0) is 11.3 Å². The number of thioether (sulfide) groups is 1. The molecule has 4 rings (SSSR count). The van der Waals surface area contributed by atoms with Crippen molar-refractivity contribution in [2.75, 3.05) is 12.4 Å². The molecule has 2 aromatic heterocycles. The number of anilines is 1. The number of nitrogens with zero attached hydrogens (tertiary/aromatic N) is 4. The van der Waals surface area contributed by atoms with Crippen LogP contribution in [0, 0.1) is 0 Å². The summed E-state index contributed by atoms with van der Waals surface area (Å²) in [6.07, 6.45) is 0. The lowest BCUT2D eigenvalue weighted by atomic mass is 10.2. The van der Waals surface area contributed by atoms with Crippen molar-refractivity contribution in [3.8, 4) is 28.4 Å². The van der Waals surface area contributed by atoms with Crippen molar-refractivity contribution >= 4 is 34.1 Å². The van der Waals surface area contributed by atoms with E-state index >= 15 is 0 Å². The monoisotopic (exact) mass is 465 g/mol. The van der Waals surface area contributed by atoms with Crippen LogP contribution in [0.15, 0.2) is 65.1 Å². The summed E-state index contributed by atoms with van der Waals surface area (Å²) in [6.45, 7) is 4.55. The molecule has 1 atom stereocenters. The summed E-state index contributed by atoms with van der Waals surface area (Å²) < 4.78 is 7.46. The van der Waals surface area contributed by atoms with Crippen LogP contribution in [-0.4, -0.2) is 38.0 Å². The first-order valence-corrected chi connectivity index (χ1v) is 11.9. The van der Waals surface area contributed by atoms with E-state index in [9.17, 15) is 4.79 Å². The first kappa shape index (κ1) is 22.0. The van der Waals surface area contributed by atoms with Gasteiger partial charge in [-0.05, 0) is 26.0 Å². The molecule has 32 heavy (non-hydrogen) atoms. The van der Waals surface area contributed by atoms with Gasteiger partial charge in [0.2, 0.25) is 5.91 Å². The molecule has 0 saturated carbocycles. The van der Waals surface area contributed by atoms with E-state index in [2.05, 4.69) is 20.5 Å². The highest BCUT2D eigenvalue weighted by molar-refractivity contribution is 8.00. The molecular weight excluding hydrogens is 442 g/mol. The Morgan fingerprint density at radius 3 is 2.66 bits per heavy atom. The third-order valence-corrected chi connectivity index (χ3v) is 6.67.